The number of aliphatic carboxylic acids is 1. The average molecular weight is 252 g/mol. The van der Waals surface area contributed by atoms with Crippen molar-refractivity contribution < 1.29 is 19.1 Å². The number of carbonyl (C=O) groups excluding carboxylic acids is 1. The van der Waals surface area contributed by atoms with E-state index in [4.69, 9.17) is 0 Å². The van der Waals surface area contributed by atoms with E-state index in [9.17, 15) is 19.1 Å². The maximum atomic E-state index is 12.8. The van der Waals surface area contributed by atoms with Crippen molar-refractivity contribution in [2.75, 3.05) is 25.0 Å². The first kappa shape index (κ1) is 12.3. The molecule has 1 heterocycles. The van der Waals surface area contributed by atoms with E-state index in [1.807, 2.05) is 0 Å². The fourth-order valence-corrected chi connectivity index (χ4v) is 1.95. The van der Waals surface area contributed by atoms with Crippen LogP contribution in [0, 0.1) is 5.82 Å². The standard InChI is InChI=1S/C12H13FN2O3/c1-14-6-10(12(17)18)15(7-11(14)16)9-4-2-8(13)3-5-9/h2-5,10H,6-7H2,1H3,(H,17,18). The van der Waals surface area contributed by atoms with Gasteiger partial charge in [-0.3, -0.25) is 4.79 Å². The topological polar surface area (TPSA) is 60.9 Å². The summed E-state index contributed by atoms with van der Waals surface area (Å²) in [6.07, 6.45) is 0. The van der Waals surface area contributed by atoms with Gasteiger partial charge in [0.1, 0.15) is 11.9 Å². The molecule has 1 N–H and O–H groups in total. The summed E-state index contributed by atoms with van der Waals surface area (Å²) in [5.41, 5.74) is 0.533. The summed E-state index contributed by atoms with van der Waals surface area (Å²) >= 11 is 0. The number of hydrogen-bond acceptors (Lipinski definition) is 3. The van der Waals surface area contributed by atoms with Crippen LogP contribution in [0.25, 0.3) is 0 Å². The number of piperazine rings is 1. The molecule has 0 radical (unpaired) electrons. The lowest BCUT2D eigenvalue weighted by molar-refractivity contribution is -0.141. The average Bonchev–Trinajstić information content (AvgIpc) is 2.33. The van der Waals surface area contributed by atoms with E-state index in [-0.39, 0.29) is 19.0 Å². The number of anilines is 1. The zero-order valence-electron chi connectivity index (χ0n) is 9.84. The molecule has 0 spiro atoms. The Balaban J connectivity index is 2.30. The minimum absolute atomic E-state index is 0.0148. The first-order valence-corrected chi connectivity index (χ1v) is 5.48. The summed E-state index contributed by atoms with van der Waals surface area (Å²) in [4.78, 5) is 25.7. The highest BCUT2D eigenvalue weighted by Gasteiger charge is 2.34. The van der Waals surface area contributed by atoms with Crippen LogP contribution in [-0.2, 0) is 9.59 Å². The predicted octanol–water partition coefficient (Wildman–Crippen LogP) is 0.557. The van der Waals surface area contributed by atoms with Crippen molar-refractivity contribution in [1.82, 2.24) is 4.90 Å². The van der Waals surface area contributed by atoms with E-state index in [2.05, 4.69) is 0 Å². The van der Waals surface area contributed by atoms with E-state index in [0.717, 1.165) is 0 Å². The van der Waals surface area contributed by atoms with Gasteiger partial charge in [-0.05, 0) is 24.3 Å². The molecule has 2 rings (SSSR count). The van der Waals surface area contributed by atoms with E-state index < -0.39 is 17.8 Å². The Morgan fingerprint density at radius 3 is 2.56 bits per heavy atom. The van der Waals surface area contributed by atoms with Crippen molar-refractivity contribution in [3.05, 3.63) is 30.1 Å². The van der Waals surface area contributed by atoms with Gasteiger partial charge in [0, 0.05) is 12.7 Å². The van der Waals surface area contributed by atoms with Gasteiger partial charge in [-0.1, -0.05) is 0 Å². The SMILES string of the molecule is CN1CC(C(=O)O)N(c2ccc(F)cc2)CC1=O. The summed E-state index contributed by atoms with van der Waals surface area (Å²) < 4.78 is 12.8. The molecule has 5 nitrogen and oxygen atoms in total. The smallest absolute Gasteiger partial charge is 0.328 e. The first-order valence-electron chi connectivity index (χ1n) is 5.48. The lowest BCUT2D eigenvalue weighted by Gasteiger charge is -2.38. The monoisotopic (exact) mass is 252 g/mol. The molecule has 1 aromatic rings. The van der Waals surface area contributed by atoms with Crippen LogP contribution < -0.4 is 4.90 Å². The molecule has 1 aliphatic heterocycles. The largest absolute Gasteiger partial charge is 0.480 e. The van der Waals surface area contributed by atoms with Gasteiger partial charge in [-0.15, -0.1) is 0 Å². The van der Waals surface area contributed by atoms with Crippen molar-refractivity contribution in [3.8, 4) is 0 Å². The van der Waals surface area contributed by atoms with E-state index >= 15 is 0 Å². The molecule has 18 heavy (non-hydrogen) atoms. The third-order valence-electron chi connectivity index (χ3n) is 3.00. The molecule has 0 aromatic heterocycles. The molecule has 6 heteroatoms. The van der Waals surface area contributed by atoms with Crippen molar-refractivity contribution in [1.29, 1.82) is 0 Å². The number of carbonyl (C=O) groups is 2. The Labute approximate surface area is 103 Å². The number of carboxylic acids is 1. The molecule has 1 aliphatic rings. The van der Waals surface area contributed by atoms with Crippen LogP contribution in [-0.4, -0.2) is 48.1 Å². The Kier molecular flexibility index (Phi) is 3.18. The number of nitrogens with zero attached hydrogens (tertiary/aromatic N) is 2. The number of rotatable bonds is 2. The molecule has 0 aliphatic carbocycles. The van der Waals surface area contributed by atoms with Gasteiger partial charge in [-0.2, -0.15) is 0 Å². The highest BCUT2D eigenvalue weighted by Crippen LogP contribution is 2.21. The van der Waals surface area contributed by atoms with Crippen LogP contribution in [0.15, 0.2) is 24.3 Å². The fraction of sp³-hybridized carbons (Fsp3) is 0.333. The number of halogens is 1. The van der Waals surface area contributed by atoms with Gasteiger partial charge < -0.3 is 14.9 Å². The normalized spacial score (nSPS) is 20.1. The Morgan fingerprint density at radius 2 is 2.00 bits per heavy atom. The molecule has 96 valence electrons. The summed E-state index contributed by atoms with van der Waals surface area (Å²) in [5.74, 6) is -1.55. The molecule has 0 saturated carbocycles. The summed E-state index contributed by atoms with van der Waals surface area (Å²) in [7, 11) is 1.57. The fourth-order valence-electron chi connectivity index (χ4n) is 1.95. The molecule has 1 saturated heterocycles. The molecule has 1 unspecified atom stereocenters. The lowest BCUT2D eigenvalue weighted by atomic mass is 10.1. The summed E-state index contributed by atoms with van der Waals surface area (Å²) in [5, 5.41) is 9.17. The Morgan fingerprint density at radius 1 is 1.39 bits per heavy atom. The van der Waals surface area contributed by atoms with Gasteiger partial charge in [0.15, 0.2) is 0 Å². The number of amides is 1. The van der Waals surface area contributed by atoms with Crippen molar-refractivity contribution >= 4 is 17.6 Å². The lowest BCUT2D eigenvalue weighted by Crippen LogP contribution is -2.58. The second-order valence-electron chi connectivity index (χ2n) is 4.23. The number of hydrogen-bond donors (Lipinski definition) is 1. The molecule has 1 amide bonds. The van der Waals surface area contributed by atoms with Crippen molar-refractivity contribution in [3.63, 3.8) is 0 Å². The number of likely N-dealkylation sites (N-methyl/N-ethyl adjacent to an activating group) is 1. The molecule has 1 aromatic carbocycles. The van der Waals surface area contributed by atoms with Gasteiger partial charge in [0.2, 0.25) is 5.91 Å². The third-order valence-corrected chi connectivity index (χ3v) is 3.00. The molecule has 1 fully saturated rings. The van der Waals surface area contributed by atoms with Gasteiger partial charge >= 0.3 is 5.97 Å². The Bertz CT molecular complexity index is 475. The molecular weight excluding hydrogens is 239 g/mol. The molecule has 1 atom stereocenters. The van der Waals surface area contributed by atoms with E-state index in [1.54, 1.807) is 7.05 Å². The van der Waals surface area contributed by atoms with Gasteiger partial charge in [0.05, 0.1) is 13.1 Å². The van der Waals surface area contributed by atoms with E-state index in [0.29, 0.717) is 5.69 Å². The van der Waals surface area contributed by atoms with Crippen LogP contribution in [0.3, 0.4) is 0 Å². The minimum atomic E-state index is -1.00. The summed E-state index contributed by atoms with van der Waals surface area (Å²) in [6.45, 7) is 0.102. The Hall–Kier alpha value is -2.11. The quantitative estimate of drug-likeness (QED) is 0.835. The molecular formula is C12H13FN2O3. The zero-order valence-corrected chi connectivity index (χ0v) is 9.84. The highest BCUT2D eigenvalue weighted by atomic mass is 19.1. The van der Waals surface area contributed by atoms with Gasteiger partial charge in [-0.25, -0.2) is 9.18 Å². The second kappa shape index (κ2) is 4.64. The number of carboxylic acid groups (broad SMARTS) is 1. The second-order valence-corrected chi connectivity index (χ2v) is 4.23. The summed E-state index contributed by atoms with van der Waals surface area (Å²) in [6, 6.07) is 4.64. The number of benzene rings is 1. The maximum absolute atomic E-state index is 12.8. The third kappa shape index (κ3) is 2.27. The predicted molar refractivity (Wildman–Crippen MR) is 62.8 cm³/mol. The van der Waals surface area contributed by atoms with Crippen LogP contribution in [0.2, 0.25) is 0 Å². The van der Waals surface area contributed by atoms with Crippen molar-refractivity contribution in [2.45, 2.75) is 6.04 Å². The molecule has 0 bridgehead atoms. The zero-order chi connectivity index (χ0) is 13.3. The van der Waals surface area contributed by atoms with Crippen LogP contribution in [0.5, 0.6) is 0 Å². The van der Waals surface area contributed by atoms with E-state index in [1.165, 1.54) is 34.1 Å². The van der Waals surface area contributed by atoms with Crippen LogP contribution in [0.1, 0.15) is 0 Å². The van der Waals surface area contributed by atoms with Gasteiger partial charge in [0.25, 0.3) is 0 Å². The van der Waals surface area contributed by atoms with Crippen molar-refractivity contribution in [2.24, 2.45) is 0 Å². The first-order chi connectivity index (χ1) is 8.49. The minimum Gasteiger partial charge on any atom is -0.480 e. The van der Waals surface area contributed by atoms with Crippen LogP contribution in [0.4, 0.5) is 10.1 Å². The van der Waals surface area contributed by atoms with Crippen LogP contribution >= 0.6 is 0 Å². The highest BCUT2D eigenvalue weighted by molar-refractivity contribution is 5.89. The maximum Gasteiger partial charge on any atom is 0.328 e.